The zero-order valence-corrected chi connectivity index (χ0v) is 19.8. The van der Waals surface area contributed by atoms with Crippen molar-refractivity contribution in [1.29, 1.82) is 0 Å². The summed E-state index contributed by atoms with van der Waals surface area (Å²) in [5, 5.41) is 3.18. The Bertz CT molecular complexity index is 1380. The minimum atomic E-state index is -0.234. The Morgan fingerprint density at radius 3 is 2.65 bits per heavy atom. The van der Waals surface area contributed by atoms with Crippen LogP contribution in [0.25, 0.3) is 0 Å². The van der Waals surface area contributed by atoms with Crippen LogP contribution in [-0.2, 0) is 6.54 Å². The Morgan fingerprint density at radius 1 is 1.00 bits per heavy atom. The van der Waals surface area contributed by atoms with Crippen molar-refractivity contribution in [3.63, 3.8) is 0 Å². The maximum atomic E-state index is 13.6. The van der Waals surface area contributed by atoms with Crippen LogP contribution in [-0.4, -0.2) is 16.7 Å². The quantitative estimate of drug-likeness (QED) is 0.480. The van der Waals surface area contributed by atoms with E-state index in [4.69, 9.17) is 11.6 Å². The van der Waals surface area contributed by atoms with Gasteiger partial charge in [0, 0.05) is 42.2 Å². The second-order valence-corrected chi connectivity index (χ2v) is 8.94. The van der Waals surface area contributed by atoms with Gasteiger partial charge in [-0.15, -0.1) is 0 Å². The number of allylic oxidation sites excluding steroid dienone is 1. The van der Waals surface area contributed by atoms with Gasteiger partial charge in [0.25, 0.3) is 11.8 Å². The lowest BCUT2D eigenvalue weighted by molar-refractivity contribution is 0.0995. The van der Waals surface area contributed by atoms with Gasteiger partial charge in [0.2, 0.25) is 0 Å². The third-order valence-electron chi connectivity index (χ3n) is 6.38. The van der Waals surface area contributed by atoms with E-state index >= 15 is 0 Å². The summed E-state index contributed by atoms with van der Waals surface area (Å²) in [6.07, 6.45) is 6.83. The molecule has 1 N–H and O–H groups in total. The molecule has 5 nitrogen and oxygen atoms in total. The molecule has 0 aromatic heterocycles. The molecule has 0 aliphatic carbocycles. The highest BCUT2D eigenvalue weighted by Crippen LogP contribution is 2.34. The number of hydrogen-bond acceptors (Lipinski definition) is 3. The van der Waals surface area contributed by atoms with Crippen LogP contribution in [0.4, 0.5) is 11.4 Å². The standard InChI is InChI=1S/C28H24ClN3O2/c1-18-7-5-10-23(19(18)2)27(33)30-25-13-12-20(15-24(25)29)28(34)32-17-22-9-6-14-31(22)16-21-8-3-4-11-26(21)32/h3-8,10-15,17H,9,16H2,1-2H3,(H,30,33). The molecule has 0 bridgehead atoms. The van der Waals surface area contributed by atoms with E-state index in [1.165, 1.54) is 0 Å². The van der Waals surface area contributed by atoms with Gasteiger partial charge in [0.05, 0.1) is 16.4 Å². The lowest BCUT2D eigenvalue weighted by Gasteiger charge is -2.20. The average Bonchev–Trinajstić information content (AvgIpc) is 3.20. The van der Waals surface area contributed by atoms with Crippen LogP contribution in [0.1, 0.15) is 43.8 Å². The predicted octanol–water partition coefficient (Wildman–Crippen LogP) is 6.43. The van der Waals surface area contributed by atoms with E-state index in [-0.39, 0.29) is 11.8 Å². The van der Waals surface area contributed by atoms with E-state index in [0.29, 0.717) is 28.4 Å². The molecule has 3 aromatic rings. The number of rotatable bonds is 3. The van der Waals surface area contributed by atoms with Crippen molar-refractivity contribution in [3.05, 3.63) is 118 Å². The molecular formula is C28H24ClN3O2. The number of halogens is 1. The second kappa shape index (κ2) is 8.84. The Morgan fingerprint density at radius 2 is 1.82 bits per heavy atom. The number of para-hydroxylation sites is 1. The smallest absolute Gasteiger partial charge is 0.262 e. The highest BCUT2D eigenvalue weighted by atomic mass is 35.5. The average molecular weight is 470 g/mol. The molecule has 0 atom stereocenters. The number of aryl methyl sites for hydroxylation is 1. The van der Waals surface area contributed by atoms with Crippen LogP contribution >= 0.6 is 11.6 Å². The highest BCUT2D eigenvalue weighted by molar-refractivity contribution is 6.34. The van der Waals surface area contributed by atoms with Gasteiger partial charge in [-0.1, -0.05) is 48.0 Å². The predicted molar refractivity (Wildman–Crippen MR) is 136 cm³/mol. The van der Waals surface area contributed by atoms with Crippen LogP contribution in [0.5, 0.6) is 0 Å². The van der Waals surface area contributed by atoms with Gasteiger partial charge >= 0.3 is 0 Å². The van der Waals surface area contributed by atoms with Gasteiger partial charge in [-0.05, 0) is 60.9 Å². The third-order valence-corrected chi connectivity index (χ3v) is 6.70. The molecular weight excluding hydrogens is 446 g/mol. The molecule has 0 fully saturated rings. The normalized spacial score (nSPS) is 14.3. The van der Waals surface area contributed by atoms with Crippen molar-refractivity contribution in [3.8, 4) is 0 Å². The molecule has 0 unspecified atom stereocenters. The maximum absolute atomic E-state index is 13.6. The maximum Gasteiger partial charge on any atom is 0.262 e. The first-order chi connectivity index (χ1) is 16.4. The van der Waals surface area contributed by atoms with E-state index in [0.717, 1.165) is 34.5 Å². The fourth-order valence-corrected chi connectivity index (χ4v) is 4.55. The van der Waals surface area contributed by atoms with Crippen molar-refractivity contribution >= 4 is 34.8 Å². The molecule has 0 radical (unpaired) electrons. The van der Waals surface area contributed by atoms with Crippen molar-refractivity contribution in [2.75, 3.05) is 10.2 Å². The number of amides is 2. The Balaban J connectivity index is 1.43. The van der Waals surface area contributed by atoms with Crippen LogP contribution in [0.3, 0.4) is 0 Å². The van der Waals surface area contributed by atoms with E-state index in [9.17, 15) is 9.59 Å². The number of carbonyl (C=O) groups is 2. The van der Waals surface area contributed by atoms with E-state index in [1.807, 2.05) is 56.4 Å². The number of fused-ring (bicyclic) bond motifs is 2. The first kappa shape index (κ1) is 22.0. The molecule has 170 valence electrons. The van der Waals surface area contributed by atoms with Gasteiger partial charge in [-0.25, -0.2) is 0 Å². The van der Waals surface area contributed by atoms with Crippen LogP contribution in [0, 0.1) is 13.8 Å². The van der Waals surface area contributed by atoms with Crippen LogP contribution in [0.15, 0.2) is 84.8 Å². The lowest BCUT2D eigenvalue weighted by Crippen LogP contribution is -2.26. The fourth-order valence-electron chi connectivity index (χ4n) is 4.32. The Labute approximate surface area is 203 Å². The summed E-state index contributed by atoms with van der Waals surface area (Å²) >= 11 is 6.52. The molecule has 3 aromatic carbocycles. The molecule has 2 aliphatic rings. The third kappa shape index (κ3) is 3.99. The van der Waals surface area contributed by atoms with Crippen molar-refractivity contribution in [2.24, 2.45) is 0 Å². The summed E-state index contributed by atoms with van der Waals surface area (Å²) in [4.78, 5) is 30.3. The summed E-state index contributed by atoms with van der Waals surface area (Å²) < 4.78 is 0. The van der Waals surface area contributed by atoms with Crippen molar-refractivity contribution in [2.45, 2.75) is 26.8 Å². The molecule has 5 rings (SSSR count). The lowest BCUT2D eigenvalue weighted by atomic mass is 10.0. The SMILES string of the molecule is Cc1cccc(C(=O)Nc2ccc(C(=O)N3C=C4CC=CN4Cc4ccccc43)cc2Cl)c1C. The number of nitrogens with one attached hydrogen (secondary N) is 1. The zero-order valence-electron chi connectivity index (χ0n) is 19.0. The van der Waals surface area contributed by atoms with Gasteiger partial charge < -0.3 is 10.2 Å². The van der Waals surface area contributed by atoms with Gasteiger partial charge in [-0.2, -0.15) is 0 Å². The first-order valence-electron chi connectivity index (χ1n) is 11.1. The summed E-state index contributed by atoms with van der Waals surface area (Å²) in [6.45, 7) is 4.60. The molecule has 0 saturated heterocycles. The molecule has 2 heterocycles. The highest BCUT2D eigenvalue weighted by Gasteiger charge is 2.26. The molecule has 6 heteroatoms. The monoisotopic (exact) mass is 469 g/mol. The summed E-state index contributed by atoms with van der Waals surface area (Å²) in [5.41, 5.74) is 6.45. The second-order valence-electron chi connectivity index (χ2n) is 8.54. The van der Waals surface area contributed by atoms with Crippen LogP contribution in [0.2, 0.25) is 5.02 Å². The summed E-state index contributed by atoms with van der Waals surface area (Å²) in [6, 6.07) is 18.5. The number of hydrogen-bond donors (Lipinski definition) is 1. The van der Waals surface area contributed by atoms with Gasteiger partial charge in [0.1, 0.15) is 0 Å². The molecule has 34 heavy (non-hydrogen) atoms. The minimum absolute atomic E-state index is 0.178. The van der Waals surface area contributed by atoms with Crippen LogP contribution < -0.4 is 10.2 Å². The van der Waals surface area contributed by atoms with Crippen molar-refractivity contribution in [1.82, 2.24) is 4.90 Å². The Hall–Kier alpha value is -3.83. The van der Waals surface area contributed by atoms with Gasteiger partial charge in [0.15, 0.2) is 0 Å². The molecule has 0 spiro atoms. The summed E-state index contributed by atoms with van der Waals surface area (Å²) in [7, 11) is 0. The number of carbonyl (C=O) groups excluding carboxylic acids is 2. The fraction of sp³-hybridized carbons (Fsp3) is 0.143. The van der Waals surface area contributed by atoms with E-state index in [2.05, 4.69) is 22.5 Å². The molecule has 2 amide bonds. The Kier molecular flexibility index (Phi) is 5.72. The van der Waals surface area contributed by atoms with E-state index < -0.39 is 0 Å². The molecule has 0 saturated carbocycles. The summed E-state index contributed by atoms with van der Waals surface area (Å²) in [5.74, 6) is -0.412. The van der Waals surface area contributed by atoms with E-state index in [1.54, 1.807) is 29.2 Å². The largest absolute Gasteiger partial charge is 0.346 e. The number of benzene rings is 3. The molecule has 2 aliphatic heterocycles. The minimum Gasteiger partial charge on any atom is -0.346 e. The zero-order chi connectivity index (χ0) is 23.8. The van der Waals surface area contributed by atoms with Gasteiger partial charge in [-0.3, -0.25) is 14.5 Å². The topological polar surface area (TPSA) is 52.7 Å². The number of nitrogens with zero attached hydrogens (tertiary/aromatic N) is 2. The van der Waals surface area contributed by atoms with Crippen molar-refractivity contribution < 1.29 is 9.59 Å². The first-order valence-corrected chi connectivity index (χ1v) is 11.5. The number of anilines is 2.